The molecule has 0 bridgehead atoms. The standard InChI is InChI=1S/C15H29N3O2/c1-8-18(9-12(2)3)14(20)11-17(7)10-13(19)16-15(4,5)6/h2,8-11H2,1,3-7H3,(H,16,19). The lowest BCUT2D eigenvalue weighted by atomic mass is 10.1. The van der Waals surface area contributed by atoms with E-state index in [2.05, 4.69) is 11.9 Å². The number of likely N-dealkylation sites (N-methyl/N-ethyl adjacent to an activating group) is 2. The van der Waals surface area contributed by atoms with Gasteiger partial charge in [-0.25, -0.2) is 0 Å². The highest BCUT2D eigenvalue weighted by Gasteiger charge is 2.18. The molecule has 0 rings (SSSR count). The SMILES string of the molecule is C=C(C)CN(CC)C(=O)CN(C)CC(=O)NC(C)(C)C. The monoisotopic (exact) mass is 283 g/mol. The van der Waals surface area contributed by atoms with Crippen LogP contribution in [0.5, 0.6) is 0 Å². The summed E-state index contributed by atoms with van der Waals surface area (Å²) < 4.78 is 0. The first kappa shape index (κ1) is 18.6. The van der Waals surface area contributed by atoms with Gasteiger partial charge in [0.25, 0.3) is 0 Å². The lowest BCUT2D eigenvalue weighted by Gasteiger charge is -2.26. The molecule has 0 aromatic carbocycles. The highest BCUT2D eigenvalue weighted by Crippen LogP contribution is 2.00. The molecule has 0 radical (unpaired) electrons. The number of nitrogens with zero attached hydrogens (tertiary/aromatic N) is 2. The fourth-order valence-electron chi connectivity index (χ4n) is 1.79. The lowest BCUT2D eigenvalue weighted by molar-refractivity contribution is -0.132. The van der Waals surface area contributed by atoms with Gasteiger partial charge < -0.3 is 10.2 Å². The third kappa shape index (κ3) is 8.69. The fraction of sp³-hybridized carbons (Fsp3) is 0.733. The summed E-state index contributed by atoms with van der Waals surface area (Å²) in [6, 6.07) is 0. The van der Waals surface area contributed by atoms with Crippen LogP contribution in [0.2, 0.25) is 0 Å². The molecule has 0 aliphatic heterocycles. The average molecular weight is 283 g/mol. The van der Waals surface area contributed by atoms with E-state index in [4.69, 9.17) is 0 Å². The molecule has 0 heterocycles. The molecule has 0 aliphatic carbocycles. The van der Waals surface area contributed by atoms with Crippen molar-refractivity contribution in [3.8, 4) is 0 Å². The molecule has 0 aromatic rings. The van der Waals surface area contributed by atoms with E-state index in [9.17, 15) is 9.59 Å². The number of rotatable bonds is 7. The van der Waals surface area contributed by atoms with Crippen LogP contribution in [0.25, 0.3) is 0 Å². The second kappa shape index (κ2) is 8.04. The van der Waals surface area contributed by atoms with Crippen LogP contribution in [0, 0.1) is 0 Å². The van der Waals surface area contributed by atoms with Crippen LogP contribution < -0.4 is 5.32 Å². The van der Waals surface area contributed by atoms with E-state index < -0.39 is 0 Å². The zero-order valence-corrected chi connectivity index (χ0v) is 13.7. The summed E-state index contributed by atoms with van der Waals surface area (Å²) in [4.78, 5) is 27.3. The number of carbonyl (C=O) groups is 2. The van der Waals surface area contributed by atoms with E-state index in [1.165, 1.54) is 0 Å². The predicted octanol–water partition coefficient (Wildman–Crippen LogP) is 1.26. The molecule has 116 valence electrons. The molecular weight excluding hydrogens is 254 g/mol. The predicted molar refractivity (Wildman–Crippen MR) is 82.5 cm³/mol. The topological polar surface area (TPSA) is 52.7 Å². The Labute approximate surface area is 123 Å². The van der Waals surface area contributed by atoms with Crippen molar-refractivity contribution < 1.29 is 9.59 Å². The van der Waals surface area contributed by atoms with Crippen molar-refractivity contribution >= 4 is 11.8 Å². The summed E-state index contributed by atoms with van der Waals surface area (Å²) in [5, 5.41) is 2.88. The Balaban J connectivity index is 4.31. The highest BCUT2D eigenvalue weighted by atomic mass is 16.2. The number of carbonyl (C=O) groups excluding carboxylic acids is 2. The lowest BCUT2D eigenvalue weighted by Crippen LogP contribution is -2.47. The summed E-state index contributed by atoms with van der Waals surface area (Å²) in [6.45, 7) is 15.1. The molecule has 0 unspecified atom stereocenters. The quantitative estimate of drug-likeness (QED) is 0.716. The fourth-order valence-corrected chi connectivity index (χ4v) is 1.79. The van der Waals surface area contributed by atoms with Crippen LogP contribution in [0.15, 0.2) is 12.2 Å². The largest absolute Gasteiger partial charge is 0.350 e. The Morgan fingerprint density at radius 1 is 1.15 bits per heavy atom. The molecule has 1 N–H and O–H groups in total. The van der Waals surface area contributed by atoms with E-state index in [0.29, 0.717) is 13.1 Å². The van der Waals surface area contributed by atoms with Gasteiger partial charge in [0.15, 0.2) is 0 Å². The van der Waals surface area contributed by atoms with Gasteiger partial charge in [0.05, 0.1) is 13.1 Å². The summed E-state index contributed by atoms with van der Waals surface area (Å²) >= 11 is 0. The molecule has 0 saturated carbocycles. The van der Waals surface area contributed by atoms with Crippen molar-refractivity contribution in [2.75, 3.05) is 33.2 Å². The zero-order chi connectivity index (χ0) is 15.9. The zero-order valence-electron chi connectivity index (χ0n) is 13.7. The molecule has 5 heteroatoms. The van der Waals surface area contributed by atoms with Crippen molar-refractivity contribution in [1.82, 2.24) is 15.1 Å². The van der Waals surface area contributed by atoms with Gasteiger partial charge in [-0.3, -0.25) is 14.5 Å². The van der Waals surface area contributed by atoms with Gasteiger partial charge in [-0.1, -0.05) is 12.2 Å². The molecule has 0 atom stereocenters. The van der Waals surface area contributed by atoms with Crippen LogP contribution in [-0.4, -0.2) is 60.4 Å². The number of nitrogens with one attached hydrogen (secondary N) is 1. The molecule has 20 heavy (non-hydrogen) atoms. The van der Waals surface area contributed by atoms with E-state index in [-0.39, 0.29) is 30.4 Å². The van der Waals surface area contributed by atoms with E-state index >= 15 is 0 Å². The van der Waals surface area contributed by atoms with Crippen molar-refractivity contribution in [2.45, 2.75) is 40.2 Å². The van der Waals surface area contributed by atoms with Crippen LogP contribution in [0.4, 0.5) is 0 Å². The molecule has 0 saturated heterocycles. The first-order valence-corrected chi connectivity index (χ1v) is 6.97. The minimum Gasteiger partial charge on any atom is -0.350 e. The maximum Gasteiger partial charge on any atom is 0.237 e. The number of hydrogen-bond acceptors (Lipinski definition) is 3. The third-order valence-electron chi connectivity index (χ3n) is 2.53. The van der Waals surface area contributed by atoms with E-state index in [1.54, 1.807) is 16.8 Å². The number of amides is 2. The Morgan fingerprint density at radius 2 is 1.70 bits per heavy atom. The Bertz CT molecular complexity index is 359. The summed E-state index contributed by atoms with van der Waals surface area (Å²) in [7, 11) is 1.77. The molecule has 0 spiro atoms. The smallest absolute Gasteiger partial charge is 0.237 e. The van der Waals surface area contributed by atoms with Crippen LogP contribution in [0.1, 0.15) is 34.6 Å². The maximum atomic E-state index is 12.1. The minimum atomic E-state index is -0.253. The van der Waals surface area contributed by atoms with Crippen molar-refractivity contribution in [3.63, 3.8) is 0 Å². The maximum absolute atomic E-state index is 12.1. The average Bonchev–Trinajstić information content (AvgIpc) is 2.21. The van der Waals surface area contributed by atoms with Crippen LogP contribution in [-0.2, 0) is 9.59 Å². The molecule has 2 amide bonds. The third-order valence-corrected chi connectivity index (χ3v) is 2.53. The molecule has 5 nitrogen and oxygen atoms in total. The molecule has 0 aliphatic rings. The first-order valence-electron chi connectivity index (χ1n) is 6.97. The first-order chi connectivity index (χ1) is 9.05. The molecule has 0 aromatic heterocycles. The summed E-state index contributed by atoms with van der Waals surface area (Å²) in [5.41, 5.74) is 0.700. The van der Waals surface area contributed by atoms with Gasteiger partial charge in [0.2, 0.25) is 11.8 Å². The van der Waals surface area contributed by atoms with Crippen molar-refractivity contribution in [1.29, 1.82) is 0 Å². The van der Waals surface area contributed by atoms with Crippen molar-refractivity contribution in [3.05, 3.63) is 12.2 Å². The second-order valence-electron chi connectivity index (χ2n) is 6.34. The Morgan fingerprint density at radius 3 is 2.10 bits per heavy atom. The van der Waals surface area contributed by atoms with Crippen molar-refractivity contribution in [2.24, 2.45) is 0 Å². The van der Waals surface area contributed by atoms with E-state index in [0.717, 1.165) is 5.57 Å². The minimum absolute atomic E-state index is 0.0153. The van der Waals surface area contributed by atoms with Gasteiger partial charge >= 0.3 is 0 Å². The second-order valence-corrected chi connectivity index (χ2v) is 6.34. The Kier molecular flexibility index (Phi) is 7.50. The number of hydrogen-bond donors (Lipinski definition) is 1. The van der Waals surface area contributed by atoms with Gasteiger partial charge in [-0.05, 0) is 41.7 Å². The highest BCUT2D eigenvalue weighted by molar-refractivity contribution is 5.81. The van der Waals surface area contributed by atoms with Gasteiger partial charge in [0, 0.05) is 18.6 Å². The molecule has 0 fully saturated rings. The van der Waals surface area contributed by atoms with Gasteiger partial charge in [0.1, 0.15) is 0 Å². The summed E-state index contributed by atoms with van der Waals surface area (Å²) in [6.07, 6.45) is 0. The van der Waals surface area contributed by atoms with E-state index in [1.807, 2.05) is 34.6 Å². The molecular formula is C15H29N3O2. The summed E-state index contributed by atoms with van der Waals surface area (Å²) in [5.74, 6) is -0.0580. The van der Waals surface area contributed by atoms with Crippen LogP contribution >= 0.6 is 0 Å². The Hall–Kier alpha value is -1.36. The van der Waals surface area contributed by atoms with Gasteiger partial charge in [-0.2, -0.15) is 0 Å². The van der Waals surface area contributed by atoms with Gasteiger partial charge in [-0.15, -0.1) is 0 Å². The van der Waals surface area contributed by atoms with Crippen LogP contribution in [0.3, 0.4) is 0 Å². The normalized spacial score (nSPS) is 11.3.